The highest BCUT2D eigenvalue weighted by molar-refractivity contribution is 5.84. The number of halogens is 1. The first kappa shape index (κ1) is 14.6. The minimum absolute atomic E-state index is 0. The van der Waals surface area contributed by atoms with Gasteiger partial charge in [-0.15, -0.1) is 0 Å². The topological polar surface area (TPSA) is 69.1 Å². The SMILES string of the molecule is CCOC(=O)c1nc(-c2cc[n+](C)cc2)no1.[I-]. The Labute approximate surface area is 121 Å². The molecule has 0 N–H and O–H groups in total. The standard InChI is InChI=1S/C11H12N3O3.HI/c1-3-16-11(15)10-12-9(13-17-10)8-4-6-14(2)7-5-8;/h4-7H,3H2,1-2H3;1H/q+1;/p-1. The molecule has 0 bridgehead atoms. The lowest BCUT2D eigenvalue weighted by Gasteiger charge is -1.93. The van der Waals surface area contributed by atoms with E-state index in [1.54, 1.807) is 6.92 Å². The average molecular weight is 361 g/mol. The van der Waals surface area contributed by atoms with Crippen LogP contribution in [-0.2, 0) is 11.8 Å². The van der Waals surface area contributed by atoms with Crippen molar-refractivity contribution >= 4 is 5.97 Å². The van der Waals surface area contributed by atoms with Gasteiger partial charge in [-0.25, -0.2) is 9.36 Å². The number of pyridine rings is 1. The van der Waals surface area contributed by atoms with Crippen molar-refractivity contribution in [2.75, 3.05) is 6.61 Å². The van der Waals surface area contributed by atoms with Crippen molar-refractivity contribution in [3.8, 4) is 11.4 Å². The van der Waals surface area contributed by atoms with Crippen LogP contribution in [0, 0.1) is 0 Å². The first-order valence-corrected chi connectivity index (χ1v) is 5.17. The van der Waals surface area contributed by atoms with Crippen LogP contribution < -0.4 is 28.5 Å². The summed E-state index contributed by atoms with van der Waals surface area (Å²) in [6.45, 7) is 1.99. The van der Waals surface area contributed by atoms with Crippen molar-refractivity contribution in [3.63, 3.8) is 0 Å². The molecule has 2 aromatic heterocycles. The first-order valence-electron chi connectivity index (χ1n) is 5.17. The molecule has 0 aromatic carbocycles. The summed E-state index contributed by atoms with van der Waals surface area (Å²) in [6, 6.07) is 3.67. The van der Waals surface area contributed by atoms with Crippen LogP contribution in [0.2, 0.25) is 0 Å². The predicted octanol–water partition coefficient (Wildman–Crippen LogP) is -2.26. The fourth-order valence-electron chi connectivity index (χ4n) is 1.27. The lowest BCUT2D eigenvalue weighted by Crippen LogP contribution is -3.00. The van der Waals surface area contributed by atoms with Gasteiger partial charge in [0.15, 0.2) is 12.4 Å². The molecule has 0 unspecified atom stereocenters. The molecule has 6 nitrogen and oxygen atoms in total. The summed E-state index contributed by atoms with van der Waals surface area (Å²) in [5.74, 6) is -0.364. The van der Waals surface area contributed by atoms with E-state index >= 15 is 0 Å². The maximum absolute atomic E-state index is 11.3. The number of ether oxygens (including phenoxy) is 1. The smallest absolute Gasteiger partial charge is 0.397 e. The quantitative estimate of drug-likeness (QED) is 0.351. The normalized spacial score (nSPS) is 9.67. The molecule has 2 heterocycles. The van der Waals surface area contributed by atoms with Gasteiger partial charge in [0.1, 0.15) is 7.05 Å². The molecule has 0 aliphatic carbocycles. The molecule has 0 amide bonds. The fraction of sp³-hybridized carbons (Fsp3) is 0.273. The number of esters is 1. The van der Waals surface area contributed by atoms with E-state index in [9.17, 15) is 4.79 Å². The minimum atomic E-state index is -0.604. The van der Waals surface area contributed by atoms with E-state index in [-0.39, 0.29) is 36.5 Å². The predicted molar refractivity (Wildman–Crippen MR) is 56.9 cm³/mol. The lowest BCUT2D eigenvalue weighted by molar-refractivity contribution is -0.671. The maximum Gasteiger partial charge on any atom is 0.397 e. The fourth-order valence-corrected chi connectivity index (χ4v) is 1.27. The number of aryl methyl sites for hydroxylation is 1. The highest BCUT2D eigenvalue weighted by Gasteiger charge is 2.17. The third-order valence-corrected chi connectivity index (χ3v) is 2.11. The summed E-state index contributed by atoms with van der Waals surface area (Å²) in [5.41, 5.74) is 0.780. The Morgan fingerprint density at radius 1 is 1.44 bits per heavy atom. The molecule has 0 atom stereocenters. The first-order chi connectivity index (χ1) is 8.20. The third-order valence-electron chi connectivity index (χ3n) is 2.11. The molecule has 0 saturated heterocycles. The highest BCUT2D eigenvalue weighted by atomic mass is 127. The largest absolute Gasteiger partial charge is 1.00 e. The second-order valence-electron chi connectivity index (χ2n) is 3.40. The highest BCUT2D eigenvalue weighted by Crippen LogP contribution is 2.13. The average Bonchev–Trinajstić information content (AvgIpc) is 2.80. The van der Waals surface area contributed by atoms with Gasteiger partial charge in [-0.2, -0.15) is 4.98 Å². The van der Waals surface area contributed by atoms with E-state index in [0.717, 1.165) is 5.56 Å². The Kier molecular flexibility index (Phi) is 5.20. The number of nitrogens with zero attached hydrogens (tertiary/aromatic N) is 3. The van der Waals surface area contributed by atoms with Gasteiger partial charge in [-0.05, 0) is 6.92 Å². The molecule has 2 aromatic rings. The van der Waals surface area contributed by atoms with Crippen LogP contribution in [0.25, 0.3) is 11.4 Å². The van der Waals surface area contributed by atoms with Gasteiger partial charge in [0.2, 0.25) is 5.82 Å². The second-order valence-corrected chi connectivity index (χ2v) is 3.40. The van der Waals surface area contributed by atoms with Crippen LogP contribution >= 0.6 is 0 Å². The van der Waals surface area contributed by atoms with Crippen LogP contribution in [0.1, 0.15) is 17.6 Å². The van der Waals surface area contributed by atoms with Crippen molar-refractivity contribution in [2.45, 2.75) is 6.92 Å². The Morgan fingerprint density at radius 3 is 2.72 bits per heavy atom. The van der Waals surface area contributed by atoms with Crippen LogP contribution in [0.15, 0.2) is 29.0 Å². The van der Waals surface area contributed by atoms with Crippen LogP contribution in [0.5, 0.6) is 0 Å². The Bertz CT molecular complexity index is 525. The van der Waals surface area contributed by atoms with Crippen LogP contribution in [-0.4, -0.2) is 22.7 Å². The molecule has 2 rings (SSSR count). The maximum atomic E-state index is 11.3. The van der Waals surface area contributed by atoms with Gasteiger partial charge in [-0.1, -0.05) is 5.16 Å². The van der Waals surface area contributed by atoms with Crippen molar-refractivity contribution < 1.29 is 42.6 Å². The molecular formula is C11H12IN3O3. The number of hydrogen-bond acceptors (Lipinski definition) is 5. The number of carbonyl (C=O) groups is 1. The molecule has 0 radical (unpaired) electrons. The van der Waals surface area contributed by atoms with Crippen LogP contribution in [0.4, 0.5) is 0 Å². The van der Waals surface area contributed by atoms with Crippen molar-refractivity contribution in [3.05, 3.63) is 30.4 Å². The number of carbonyl (C=O) groups excluding carboxylic acids is 1. The molecule has 0 saturated carbocycles. The zero-order chi connectivity index (χ0) is 12.3. The van der Waals surface area contributed by atoms with Crippen molar-refractivity contribution in [2.24, 2.45) is 7.05 Å². The summed E-state index contributed by atoms with van der Waals surface area (Å²) in [4.78, 5) is 15.3. The molecular weight excluding hydrogens is 349 g/mol. The number of rotatable bonds is 3. The molecule has 0 aliphatic rings. The van der Waals surface area contributed by atoms with Gasteiger partial charge < -0.3 is 33.2 Å². The summed E-state index contributed by atoms with van der Waals surface area (Å²) in [6.07, 6.45) is 3.71. The molecule has 0 fully saturated rings. The molecule has 18 heavy (non-hydrogen) atoms. The van der Waals surface area contributed by atoms with E-state index in [0.29, 0.717) is 5.82 Å². The summed E-state index contributed by atoms with van der Waals surface area (Å²) < 4.78 is 11.5. The van der Waals surface area contributed by atoms with E-state index < -0.39 is 5.97 Å². The number of hydrogen-bond donors (Lipinski definition) is 0. The van der Waals surface area contributed by atoms with Crippen molar-refractivity contribution in [1.29, 1.82) is 0 Å². The Balaban J connectivity index is 0.00000162. The summed E-state index contributed by atoms with van der Waals surface area (Å²) in [5, 5.41) is 3.72. The van der Waals surface area contributed by atoms with E-state index in [2.05, 4.69) is 10.1 Å². The zero-order valence-corrected chi connectivity index (χ0v) is 12.1. The van der Waals surface area contributed by atoms with Gasteiger partial charge in [0, 0.05) is 17.7 Å². The number of aromatic nitrogens is 3. The zero-order valence-electron chi connectivity index (χ0n) is 9.96. The molecule has 7 heteroatoms. The lowest BCUT2D eigenvalue weighted by atomic mass is 10.2. The summed E-state index contributed by atoms with van der Waals surface area (Å²) in [7, 11) is 1.91. The van der Waals surface area contributed by atoms with E-state index in [4.69, 9.17) is 9.26 Å². The summed E-state index contributed by atoms with van der Waals surface area (Å²) >= 11 is 0. The monoisotopic (exact) mass is 361 g/mol. The van der Waals surface area contributed by atoms with E-state index in [1.807, 2.05) is 36.1 Å². The molecule has 0 aliphatic heterocycles. The Hall–Kier alpha value is -1.51. The molecule has 0 spiro atoms. The second kappa shape index (κ2) is 6.43. The van der Waals surface area contributed by atoms with E-state index in [1.165, 1.54) is 0 Å². The molecule has 96 valence electrons. The Morgan fingerprint density at radius 2 is 2.11 bits per heavy atom. The minimum Gasteiger partial charge on any atom is -1.00 e. The van der Waals surface area contributed by atoms with Gasteiger partial charge in [-0.3, -0.25) is 0 Å². The van der Waals surface area contributed by atoms with Crippen molar-refractivity contribution in [1.82, 2.24) is 10.1 Å². The third kappa shape index (κ3) is 3.25. The van der Waals surface area contributed by atoms with Gasteiger partial charge >= 0.3 is 11.9 Å². The van der Waals surface area contributed by atoms with Gasteiger partial charge in [0.05, 0.1) is 6.61 Å². The van der Waals surface area contributed by atoms with Crippen LogP contribution in [0.3, 0.4) is 0 Å². The van der Waals surface area contributed by atoms with Gasteiger partial charge in [0.25, 0.3) is 0 Å².